The van der Waals surface area contributed by atoms with Gasteiger partial charge < -0.3 is 10.2 Å². The molecule has 0 unspecified atom stereocenters. The van der Waals surface area contributed by atoms with Crippen molar-refractivity contribution in [1.29, 1.82) is 0 Å². The normalized spacial score (nSPS) is 13.1. The number of halogens is 7. The van der Waals surface area contributed by atoms with E-state index in [1.54, 1.807) is 31.2 Å². The average molecular weight is 613 g/mol. The minimum atomic E-state index is -5.94. The third kappa shape index (κ3) is 6.37. The van der Waals surface area contributed by atoms with E-state index >= 15 is 0 Å². The van der Waals surface area contributed by atoms with Crippen LogP contribution in [0.2, 0.25) is 5.02 Å². The highest BCUT2D eigenvalue weighted by molar-refractivity contribution is 6.31. The number of benzene rings is 3. The maximum absolute atomic E-state index is 13.1. The van der Waals surface area contributed by atoms with Gasteiger partial charge in [0.25, 0.3) is 5.60 Å². The van der Waals surface area contributed by atoms with E-state index in [0.717, 1.165) is 27.8 Å². The van der Waals surface area contributed by atoms with Crippen molar-refractivity contribution >= 4 is 23.6 Å². The number of rotatable bonds is 9. The zero-order chi connectivity index (χ0) is 31.7. The Morgan fingerprint density at radius 1 is 0.833 bits per heavy atom. The maximum Gasteiger partial charge on any atom is 0.430 e. The number of carboxylic acids is 1. The summed E-state index contributed by atoms with van der Waals surface area (Å²) in [5.74, 6) is -0.982. The number of aliphatic carboxylic acids is 1. The number of carbonyl (C=O) groups is 1. The summed E-state index contributed by atoms with van der Waals surface area (Å²) < 4.78 is 78.6. The molecule has 3 rings (SSSR count). The lowest BCUT2D eigenvalue weighted by Gasteiger charge is -2.34. The summed E-state index contributed by atoms with van der Waals surface area (Å²) >= 11 is 6.33. The Hall–Kier alpha value is -3.30. The Balaban J connectivity index is 2.01. The van der Waals surface area contributed by atoms with Gasteiger partial charge in [0.05, 0.1) is 6.42 Å². The van der Waals surface area contributed by atoms with Gasteiger partial charge in [-0.25, -0.2) is 0 Å². The van der Waals surface area contributed by atoms with Gasteiger partial charge in [-0.2, -0.15) is 26.3 Å². The molecule has 0 bridgehead atoms. The first kappa shape index (κ1) is 33.2. The van der Waals surface area contributed by atoms with Crippen molar-refractivity contribution in [2.75, 3.05) is 0 Å². The number of aryl methyl sites for hydroxylation is 2. The summed E-state index contributed by atoms with van der Waals surface area (Å²) in [5.41, 5.74) is 0.0887. The van der Waals surface area contributed by atoms with Gasteiger partial charge in [-0.3, -0.25) is 4.79 Å². The molecule has 0 aliphatic rings. The molecule has 0 radical (unpaired) electrons. The average Bonchev–Trinajstić information content (AvgIpc) is 2.89. The summed E-state index contributed by atoms with van der Waals surface area (Å²) in [6, 6.07) is 16.1. The molecule has 3 aromatic carbocycles. The fourth-order valence-electron chi connectivity index (χ4n) is 5.26. The summed E-state index contributed by atoms with van der Waals surface area (Å²) in [6.07, 6.45) is -10.4. The lowest BCUT2D eigenvalue weighted by Crippen LogP contribution is -2.55. The Labute approximate surface area is 245 Å². The van der Waals surface area contributed by atoms with Gasteiger partial charge >= 0.3 is 18.3 Å². The van der Waals surface area contributed by atoms with Crippen LogP contribution in [0.25, 0.3) is 17.2 Å². The van der Waals surface area contributed by atoms with E-state index in [9.17, 15) is 36.2 Å². The molecule has 10 heteroatoms. The zero-order valence-electron chi connectivity index (χ0n) is 23.4. The molecule has 0 spiro atoms. The molecular formula is C32H31ClF6O3. The first-order valence-electron chi connectivity index (χ1n) is 13.2. The molecule has 0 heterocycles. The van der Waals surface area contributed by atoms with Gasteiger partial charge in [0, 0.05) is 10.4 Å². The molecule has 42 heavy (non-hydrogen) atoms. The molecule has 0 saturated carbocycles. The van der Waals surface area contributed by atoms with Gasteiger partial charge in [0.2, 0.25) is 0 Å². The molecule has 0 saturated heterocycles. The van der Waals surface area contributed by atoms with Crippen molar-refractivity contribution < 1.29 is 41.4 Å². The first-order chi connectivity index (χ1) is 19.4. The third-order valence-corrected chi connectivity index (χ3v) is 8.23. The fourth-order valence-corrected chi connectivity index (χ4v) is 5.51. The Morgan fingerprint density at radius 2 is 1.38 bits per heavy atom. The predicted molar refractivity (Wildman–Crippen MR) is 152 cm³/mol. The van der Waals surface area contributed by atoms with Gasteiger partial charge in [0.15, 0.2) is 0 Å². The maximum atomic E-state index is 13.1. The predicted octanol–water partition coefficient (Wildman–Crippen LogP) is 9.23. The van der Waals surface area contributed by atoms with Crippen LogP contribution in [0.4, 0.5) is 26.3 Å². The van der Waals surface area contributed by atoms with Crippen LogP contribution in [0.1, 0.15) is 60.1 Å². The van der Waals surface area contributed by atoms with E-state index in [0.29, 0.717) is 35.1 Å². The Kier molecular flexibility index (Phi) is 9.59. The van der Waals surface area contributed by atoms with E-state index in [4.69, 9.17) is 16.7 Å². The highest BCUT2D eigenvalue weighted by Gasteiger charge is 2.68. The fraction of sp³-hybridized carbons (Fsp3) is 0.344. The minimum absolute atomic E-state index is 0.113. The third-order valence-electron chi connectivity index (χ3n) is 7.88. The van der Waals surface area contributed by atoms with Crippen LogP contribution in [-0.4, -0.2) is 34.1 Å². The van der Waals surface area contributed by atoms with Gasteiger partial charge in [-0.15, -0.1) is 0 Å². The summed E-state index contributed by atoms with van der Waals surface area (Å²) in [7, 11) is 0. The number of alkyl halides is 6. The number of hydrogen-bond donors (Lipinski definition) is 2. The van der Waals surface area contributed by atoms with Crippen LogP contribution in [0, 0.1) is 13.8 Å². The van der Waals surface area contributed by atoms with Crippen molar-refractivity contribution in [2.24, 2.45) is 0 Å². The second kappa shape index (κ2) is 12.1. The molecule has 0 amide bonds. The van der Waals surface area contributed by atoms with Crippen LogP contribution in [0.15, 0.2) is 60.7 Å². The van der Waals surface area contributed by atoms with Crippen molar-refractivity contribution in [1.82, 2.24) is 0 Å². The summed E-state index contributed by atoms with van der Waals surface area (Å²) in [4.78, 5) is 11.1. The molecule has 0 atom stereocenters. The van der Waals surface area contributed by atoms with E-state index in [2.05, 4.69) is 0 Å². The number of aliphatic hydroxyl groups is 1. The molecule has 2 N–H and O–H groups in total. The highest BCUT2D eigenvalue weighted by atomic mass is 35.5. The number of carboxylic acid groups (broad SMARTS) is 1. The Bertz CT molecular complexity index is 1470. The van der Waals surface area contributed by atoms with E-state index in [-0.39, 0.29) is 18.1 Å². The van der Waals surface area contributed by atoms with Gasteiger partial charge in [0.1, 0.15) is 0 Å². The van der Waals surface area contributed by atoms with Crippen molar-refractivity contribution in [3.63, 3.8) is 0 Å². The molecule has 0 aliphatic carbocycles. The van der Waals surface area contributed by atoms with Crippen LogP contribution in [-0.2, 0) is 16.6 Å². The van der Waals surface area contributed by atoms with Gasteiger partial charge in [-0.1, -0.05) is 80.1 Å². The molecular weight excluding hydrogens is 582 g/mol. The molecule has 226 valence electrons. The van der Waals surface area contributed by atoms with E-state index in [1.807, 2.05) is 45.0 Å². The first-order valence-corrected chi connectivity index (χ1v) is 13.6. The highest BCUT2D eigenvalue weighted by Crippen LogP contribution is 2.45. The van der Waals surface area contributed by atoms with Crippen molar-refractivity contribution in [3.8, 4) is 11.1 Å². The van der Waals surface area contributed by atoms with E-state index in [1.165, 1.54) is 6.07 Å². The summed E-state index contributed by atoms with van der Waals surface area (Å²) in [6.45, 7) is 7.54. The molecule has 0 aliphatic heterocycles. The van der Waals surface area contributed by atoms with Crippen LogP contribution in [0.5, 0.6) is 0 Å². The van der Waals surface area contributed by atoms with Gasteiger partial charge in [-0.05, 0) is 83.3 Å². The minimum Gasteiger partial charge on any atom is -0.481 e. The number of hydrogen-bond acceptors (Lipinski definition) is 2. The molecule has 3 nitrogen and oxygen atoms in total. The SMILES string of the molecule is CCC(CC)(c1ccc(C=CC(O)(C(F)(F)F)C(F)(F)F)c(C)c1)c1ccc(-c2ccc(CC(=O)O)c(Cl)c2)c(C)c1. The Morgan fingerprint density at radius 3 is 1.83 bits per heavy atom. The lowest BCUT2D eigenvalue weighted by atomic mass is 9.69. The topological polar surface area (TPSA) is 57.5 Å². The second-order valence-electron chi connectivity index (χ2n) is 10.4. The van der Waals surface area contributed by atoms with Crippen LogP contribution >= 0.6 is 11.6 Å². The molecule has 0 fully saturated rings. The quantitative estimate of drug-likeness (QED) is 0.237. The van der Waals surface area contributed by atoms with E-state index < -0.39 is 29.3 Å². The van der Waals surface area contributed by atoms with Crippen molar-refractivity contribution in [3.05, 3.63) is 99.1 Å². The monoisotopic (exact) mass is 612 g/mol. The largest absolute Gasteiger partial charge is 0.481 e. The second-order valence-corrected chi connectivity index (χ2v) is 10.8. The lowest BCUT2D eigenvalue weighted by molar-refractivity contribution is -0.347. The van der Waals surface area contributed by atoms with Crippen LogP contribution in [0.3, 0.4) is 0 Å². The standard InChI is InChI=1S/C32H31ClF6O3/c1-5-29(6-2,24-10-9-21(19(3)15-24)13-14-30(42,31(34,35)36)32(37,38)39)25-11-12-26(20(4)16-25)22-7-8-23(18-28(40)41)27(33)17-22/h7-17,42H,5-6,18H2,1-4H3,(H,40,41). The smallest absolute Gasteiger partial charge is 0.430 e. The molecule has 3 aromatic rings. The van der Waals surface area contributed by atoms with Crippen molar-refractivity contribution in [2.45, 2.75) is 70.3 Å². The molecule has 0 aromatic heterocycles. The zero-order valence-corrected chi connectivity index (χ0v) is 24.2. The summed E-state index contributed by atoms with van der Waals surface area (Å²) in [5, 5.41) is 18.9. The van der Waals surface area contributed by atoms with Crippen LogP contribution < -0.4 is 0 Å².